The fraction of sp³-hybridized carbons (Fsp3) is 0.417. The van der Waals surface area contributed by atoms with Crippen molar-refractivity contribution in [3.8, 4) is 0 Å². The molecule has 0 bridgehead atoms. The molecule has 0 saturated carbocycles. The minimum atomic E-state index is -3.28. The van der Waals surface area contributed by atoms with Crippen LogP contribution in [0.25, 0.3) is 0 Å². The number of ketones is 1. The molecule has 1 fully saturated rings. The zero-order chi connectivity index (χ0) is 11.8. The van der Waals surface area contributed by atoms with E-state index in [4.69, 9.17) is 0 Å². The number of carbonyl (C=O) groups excluding carboxylic acids is 1. The van der Waals surface area contributed by atoms with Crippen LogP contribution in [0, 0.1) is 0 Å². The zero-order valence-corrected chi connectivity index (χ0v) is 9.96. The lowest BCUT2D eigenvalue weighted by molar-refractivity contribution is 0.0945. The second-order valence-electron chi connectivity index (χ2n) is 4.35. The molecule has 0 aromatic heterocycles. The van der Waals surface area contributed by atoms with Crippen molar-refractivity contribution >= 4 is 15.6 Å². The van der Waals surface area contributed by atoms with Crippen LogP contribution in [0.2, 0.25) is 0 Å². The monoisotopic (exact) mass is 238 g/mol. The minimum Gasteiger partial charge on any atom is -0.292 e. The van der Waals surface area contributed by atoms with Crippen molar-refractivity contribution in [2.45, 2.75) is 24.5 Å². The van der Waals surface area contributed by atoms with E-state index in [0.29, 0.717) is 18.4 Å². The SMILES string of the molecule is CC1(C(=O)c2ccccc2)CCCS1(=O)=O. The van der Waals surface area contributed by atoms with Gasteiger partial charge in [-0.2, -0.15) is 0 Å². The van der Waals surface area contributed by atoms with Gasteiger partial charge in [0.15, 0.2) is 15.6 Å². The summed E-state index contributed by atoms with van der Waals surface area (Å²) in [4.78, 5) is 12.2. The Morgan fingerprint density at radius 1 is 1.25 bits per heavy atom. The summed E-state index contributed by atoms with van der Waals surface area (Å²) in [6.45, 7) is 1.55. The van der Waals surface area contributed by atoms with E-state index in [-0.39, 0.29) is 11.5 Å². The lowest BCUT2D eigenvalue weighted by atomic mass is 9.95. The first-order chi connectivity index (χ1) is 7.47. The van der Waals surface area contributed by atoms with Crippen molar-refractivity contribution in [1.82, 2.24) is 0 Å². The predicted octanol–water partition coefficient (Wildman–Crippen LogP) is 1.84. The van der Waals surface area contributed by atoms with E-state index in [1.165, 1.54) is 0 Å². The highest BCUT2D eigenvalue weighted by Crippen LogP contribution is 2.34. The molecule has 1 heterocycles. The summed E-state index contributed by atoms with van der Waals surface area (Å²) >= 11 is 0. The molecule has 16 heavy (non-hydrogen) atoms. The van der Waals surface area contributed by atoms with E-state index in [1.807, 2.05) is 6.07 Å². The highest BCUT2D eigenvalue weighted by molar-refractivity contribution is 7.93. The molecule has 1 aliphatic rings. The number of benzene rings is 1. The molecule has 1 aromatic rings. The molecule has 86 valence electrons. The molecule has 0 aliphatic carbocycles. The number of Topliss-reactive ketones (excluding diaryl/α,β-unsaturated/α-hetero) is 1. The Morgan fingerprint density at radius 2 is 1.88 bits per heavy atom. The summed E-state index contributed by atoms with van der Waals surface area (Å²) < 4.78 is 22.5. The third-order valence-corrected chi connectivity index (χ3v) is 5.86. The van der Waals surface area contributed by atoms with E-state index in [1.54, 1.807) is 31.2 Å². The van der Waals surface area contributed by atoms with E-state index >= 15 is 0 Å². The maximum atomic E-state index is 12.2. The summed E-state index contributed by atoms with van der Waals surface area (Å²) in [5.41, 5.74) is 0.482. The molecule has 0 spiro atoms. The van der Waals surface area contributed by atoms with Gasteiger partial charge >= 0.3 is 0 Å². The molecular formula is C12H14O3S. The highest BCUT2D eigenvalue weighted by atomic mass is 32.2. The maximum Gasteiger partial charge on any atom is 0.183 e. The quantitative estimate of drug-likeness (QED) is 0.739. The summed E-state index contributed by atoms with van der Waals surface area (Å²) in [6, 6.07) is 8.64. The highest BCUT2D eigenvalue weighted by Gasteiger charge is 2.49. The van der Waals surface area contributed by atoms with Gasteiger partial charge in [-0.3, -0.25) is 4.79 Å². The van der Waals surface area contributed by atoms with Crippen LogP contribution in [0.5, 0.6) is 0 Å². The molecule has 0 amide bonds. The van der Waals surface area contributed by atoms with E-state index in [9.17, 15) is 13.2 Å². The summed E-state index contributed by atoms with van der Waals surface area (Å²) in [7, 11) is -3.28. The average Bonchev–Trinajstić information content (AvgIpc) is 2.55. The number of carbonyl (C=O) groups is 1. The summed E-state index contributed by atoms with van der Waals surface area (Å²) in [5, 5.41) is 0. The maximum absolute atomic E-state index is 12.2. The molecule has 1 atom stereocenters. The Hall–Kier alpha value is -1.16. The first-order valence-electron chi connectivity index (χ1n) is 5.29. The number of hydrogen-bond donors (Lipinski definition) is 0. The van der Waals surface area contributed by atoms with Gasteiger partial charge in [-0.15, -0.1) is 0 Å². The smallest absolute Gasteiger partial charge is 0.183 e. The van der Waals surface area contributed by atoms with Gasteiger partial charge in [-0.1, -0.05) is 30.3 Å². The largest absolute Gasteiger partial charge is 0.292 e. The van der Waals surface area contributed by atoms with Crippen molar-refractivity contribution in [3.05, 3.63) is 35.9 Å². The van der Waals surface area contributed by atoms with E-state index < -0.39 is 14.6 Å². The number of sulfone groups is 1. The summed E-state index contributed by atoms with van der Waals surface area (Å²) in [6.07, 6.45) is 1.01. The zero-order valence-electron chi connectivity index (χ0n) is 9.14. The third-order valence-electron chi connectivity index (χ3n) is 3.27. The van der Waals surface area contributed by atoms with Gasteiger partial charge in [0.2, 0.25) is 0 Å². The van der Waals surface area contributed by atoms with Crippen LogP contribution in [-0.4, -0.2) is 24.7 Å². The lowest BCUT2D eigenvalue weighted by Gasteiger charge is -2.20. The molecule has 0 radical (unpaired) electrons. The van der Waals surface area contributed by atoms with Crippen LogP contribution in [0.3, 0.4) is 0 Å². The average molecular weight is 238 g/mol. The normalized spacial score (nSPS) is 27.8. The third kappa shape index (κ3) is 1.57. The van der Waals surface area contributed by atoms with Crippen molar-refractivity contribution in [2.24, 2.45) is 0 Å². The van der Waals surface area contributed by atoms with Gasteiger partial charge in [-0.25, -0.2) is 8.42 Å². The Bertz CT molecular complexity index is 504. The first kappa shape index (κ1) is 11.3. The number of hydrogen-bond acceptors (Lipinski definition) is 3. The Balaban J connectivity index is 2.44. The fourth-order valence-electron chi connectivity index (χ4n) is 2.13. The van der Waals surface area contributed by atoms with Gasteiger partial charge in [0.05, 0.1) is 5.75 Å². The van der Waals surface area contributed by atoms with E-state index in [2.05, 4.69) is 0 Å². The van der Waals surface area contributed by atoms with Crippen LogP contribution < -0.4 is 0 Å². The second-order valence-corrected chi connectivity index (χ2v) is 6.89. The van der Waals surface area contributed by atoms with Gasteiger partial charge in [0, 0.05) is 5.56 Å². The van der Waals surface area contributed by atoms with Crippen LogP contribution in [0.15, 0.2) is 30.3 Å². The van der Waals surface area contributed by atoms with Crippen LogP contribution in [0.4, 0.5) is 0 Å². The molecular weight excluding hydrogens is 224 g/mol. The van der Waals surface area contributed by atoms with Gasteiger partial charge in [0.25, 0.3) is 0 Å². The second kappa shape index (κ2) is 3.70. The minimum absolute atomic E-state index is 0.127. The van der Waals surface area contributed by atoms with Gasteiger partial charge in [-0.05, 0) is 19.8 Å². The van der Waals surface area contributed by atoms with Crippen molar-refractivity contribution < 1.29 is 13.2 Å². The molecule has 1 saturated heterocycles. The Kier molecular flexibility index (Phi) is 2.62. The van der Waals surface area contributed by atoms with Crippen LogP contribution >= 0.6 is 0 Å². The van der Waals surface area contributed by atoms with Crippen LogP contribution in [0.1, 0.15) is 30.1 Å². The van der Waals surface area contributed by atoms with Gasteiger partial charge in [0.1, 0.15) is 4.75 Å². The molecule has 0 N–H and O–H groups in total. The standard InChI is InChI=1S/C12H14O3S/c1-12(8-5-9-16(12,14)15)11(13)10-6-3-2-4-7-10/h2-4,6-7H,5,8-9H2,1H3. The topological polar surface area (TPSA) is 51.2 Å². The van der Waals surface area contributed by atoms with Crippen molar-refractivity contribution in [1.29, 1.82) is 0 Å². The molecule has 1 unspecified atom stereocenters. The summed E-state index contributed by atoms with van der Waals surface area (Å²) in [5.74, 6) is -0.146. The molecule has 2 rings (SSSR count). The Labute approximate surface area is 95.4 Å². The van der Waals surface area contributed by atoms with Crippen molar-refractivity contribution in [3.63, 3.8) is 0 Å². The predicted molar refractivity (Wildman–Crippen MR) is 62.2 cm³/mol. The van der Waals surface area contributed by atoms with Crippen LogP contribution in [-0.2, 0) is 9.84 Å². The number of rotatable bonds is 2. The lowest BCUT2D eigenvalue weighted by Crippen LogP contribution is -2.40. The van der Waals surface area contributed by atoms with Crippen molar-refractivity contribution in [2.75, 3.05) is 5.75 Å². The van der Waals surface area contributed by atoms with E-state index in [0.717, 1.165) is 0 Å². The molecule has 4 heteroatoms. The molecule has 1 aliphatic heterocycles. The first-order valence-corrected chi connectivity index (χ1v) is 6.95. The van der Waals surface area contributed by atoms with Gasteiger partial charge < -0.3 is 0 Å². The molecule has 1 aromatic carbocycles. The fourth-order valence-corrected chi connectivity index (χ4v) is 3.96. The molecule has 3 nitrogen and oxygen atoms in total. The Morgan fingerprint density at radius 3 is 2.38 bits per heavy atom.